The molecule has 0 fully saturated rings. The van der Waals surface area contributed by atoms with Crippen LogP contribution >= 0.6 is 23.2 Å². The average Bonchev–Trinajstić information content (AvgIpc) is 2.63. The molecule has 0 saturated carbocycles. The van der Waals surface area contributed by atoms with E-state index in [1.165, 1.54) is 7.11 Å². The molecule has 0 unspecified atom stereocenters. The predicted molar refractivity (Wildman–Crippen MR) is 61.0 cm³/mol. The first-order chi connectivity index (χ1) is 8.49. The summed E-state index contributed by atoms with van der Waals surface area (Å²) in [6, 6.07) is 0. The van der Waals surface area contributed by atoms with Gasteiger partial charge >= 0.3 is 17.9 Å². The third-order valence-corrected chi connectivity index (χ3v) is 2.68. The Hall–Kier alpha value is -1.53. The molecule has 0 N–H and O–H groups in total. The Morgan fingerprint density at radius 1 is 1.22 bits per heavy atom. The van der Waals surface area contributed by atoms with Gasteiger partial charge in [0, 0.05) is 0 Å². The zero-order valence-corrected chi connectivity index (χ0v) is 10.7. The van der Waals surface area contributed by atoms with Gasteiger partial charge < -0.3 is 13.9 Å². The van der Waals surface area contributed by atoms with Crippen LogP contribution in [-0.2, 0) is 14.3 Å². The van der Waals surface area contributed by atoms with Gasteiger partial charge in [-0.2, -0.15) is 0 Å². The highest BCUT2D eigenvalue weighted by Gasteiger charge is 2.21. The van der Waals surface area contributed by atoms with Crippen LogP contribution in [0.3, 0.4) is 0 Å². The maximum atomic E-state index is 11.3. The average molecular weight is 295 g/mol. The Morgan fingerprint density at radius 2 is 1.83 bits per heavy atom. The van der Waals surface area contributed by atoms with Crippen LogP contribution in [0, 0.1) is 0 Å². The molecule has 1 rings (SSSR count). The molecule has 0 aliphatic carbocycles. The van der Waals surface area contributed by atoms with E-state index in [1.807, 2.05) is 0 Å². The highest BCUT2D eigenvalue weighted by molar-refractivity contribution is 6.44. The molecule has 0 atom stereocenters. The maximum absolute atomic E-state index is 11.3. The quantitative estimate of drug-likeness (QED) is 0.612. The van der Waals surface area contributed by atoms with Crippen molar-refractivity contribution in [1.29, 1.82) is 0 Å². The number of rotatable bonds is 5. The van der Waals surface area contributed by atoms with Crippen LogP contribution in [0.5, 0.6) is 5.95 Å². The fourth-order valence-corrected chi connectivity index (χ4v) is 1.32. The van der Waals surface area contributed by atoms with Crippen LogP contribution in [0.25, 0.3) is 0 Å². The lowest BCUT2D eigenvalue weighted by atomic mass is 10.3. The standard InChI is InChI=1S/C10H8Cl2O6/c1-16-6(14)2-3-7(15)18-10-9(12)8(11)5(4-13)17-10/h4H,2-3H2,1H3. The molecule has 0 aliphatic heterocycles. The van der Waals surface area contributed by atoms with E-state index < -0.39 is 11.9 Å². The first-order valence-corrected chi connectivity index (χ1v) is 5.45. The van der Waals surface area contributed by atoms with Gasteiger partial charge in [-0.05, 0) is 0 Å². The van der Waals surface area contributed by atoms with E-state index in [9.17, 15) is 14.4 Å². The van der Waals surface area contributed by atoms with E-state index in [2.05, 4.69) is 4.74 Å². The maximum Gasteiger partial charge on any atom is 0.314 e. The van der Waals surface area contributed by atoms with Crippen molar-refractivity contribution in [1.82, 2.24) is 0 Å². The van der Waals surface area contributed by atoms with Gasteiger partial charge in [-0.3, -0.25) is 14.4 Å². The second kappa shape index (κ2) is 6.42. The number of aldehydes is 1. The van der Waals surface area contributed by atoms with Gasteiger partial charge in [0.1, 0.15) is 10.0 Å². The molecular weight excluding hydrogens is 287 g/mol. The second-order valence-electron chi connectivity index (χ2n) is 3.05. The number of esters is 2. The third-order valence-electron chi connectivity index (χ3n) is 1.87. The SMILES string of the molecule is COC(=O)CCC(=O)Oc1oc(C=O)c(Cl)c1Cl. The van der Waals surface area contributed by atoms with Crippen molar-refractivity contribution in [3.63, 3.8) is 0 Å². The van der Waals surface area contributed by atoms with Gasteiger partial charge in [-0.1, -0.05) is 23.2 Å². The van der Waals surface area contributed by atoms with Crippen molar-refractivity contribution in [3.05, 3.63) is 15.8 Å². The van der Waals surface area contributed by atoms with Crippen molar-refractivity contribution >= 4 is 41.4 Å². The summed E-state index contributed by atoms with van der Waals surface area (Å²) in [4.78, 5) is 32.6. The molecule has 0 spiro atoms. The summed E-state index contributed by atoms with van der Waals surface area (Å²) in [5.41, 5.74) is 0. The lowest BCUT2D eigenvalue weighted by molar-refractivity contribution is -0.145. The van der Waals surface area contributed by atoms with Crippen LogP contribution < -0.4 is 4.74 Å². The lowest BCUT2D eigenvalue weighted by Crippen LogP contribution is -2.11. The fraction of sp³-hybridized carbons (Fsp3) is 0.300. The van der Waals surface area contributed by atoms with Crippen molar-refractivity contribution in [2.75, 3.05) is 7.11 Å². The summed E-state index contributed by atoms with van der Waals surface area (Å²) < 4.78 is 13.9. The molecule has 0 bridgehead atoms. The van der Waals surface area contributed by atoms with E-state index in [0.29, 0.717) is 6.29 Å². The summed E-state index contributed by atoms with van der Waals surface area (Å²) in [5, 5.41) is -0.312. The molecule has 0 aromatic carbocycles. The van der Waals surface area contributed by atoms with Crippen LogP contribution in [-0.4, -0.2) is 25.3 Å². The number of hydrogen-bond acceptors (Lipinski definition) is 6. The molecule has 8 heteroatoms. The van der Waals surface area contributed by atoms with E-state index in [-0.39, 0.29) is 34.6 Å². The summed E-state index contributed by atoms with van der Waals surface area (Å²) in [7, 11) is 1.20. The van der Waals surface area contributed by atoms with Gasteiger partial charge in [0.2, 0.25) is 0 Å². The molecule has 0 saturated heterocycles. The van der Waals surface area contributed by atoms with Crippen molar-refractivity contribution in [3.8, 4) is 5.95 Å². The summed E-state index contributed by atoms with van der Waals surface area (Å²) in [6.45, 7) is 0. The summed E-state index contributed by atoms with van der Waals surface area (Å²) in [5.74, 6) is -1.93. The Morgan fingerprint density at radius 3 is 2.33 bits per heavy atom. The van der Waals surface area contributed by atoms with Crippen molar-refractivity contribution in [2.24, 2.45) is 0 Å². The number of halogens is 2. The number of furan rings is 1. The Balaban J connectivity index is 2.65. The topological polar surface area (TPSA) is 82.8 Å². The number of ether oxygens (including phenoxy) is 2. The number of carbonyl (C=O) groups excluding carboxylic acids is 3. The molecule has 0 radical (unpaired) electrons. The van der Waals surface area contributed by atoms with E-state index in [4.69, 9.17) is 32.4 Å². The third kappa shape index (κ3) is 3.48. The first-order valence-electron chi connectivity index (χ1n) is 4.70. The Labute approximate surface area is 112 Å². The highest BCUT2D eigenvalue weighted by atomic mass is 35.5. The van der Waals surface area contributed by atoms with Gasteiger partial charge in [0.15, 0.2) is 12.0 Å². The fourth-order valence-electron chi connectivity index (χ4n) is 0.989. The molecule has 1 heterocycles. The monoisotopic (exact) mass is 294 g/mol. The summed E-state index contributed by atoms with van der Waals surface area (Å²) >= 11 is 11.3. The predicted octanol–water partition coefficient (Wildman–Crippen LogP) is 2.26. The molecule has 0 aliphatic rings. The van der Waals surface area contributed by atoms with Gasteiger partial charge in [0.05, 0.1) is 20.0 Å². The van der Waals surface area contributed by atoms with Crippen LogP contribution in [0.4, 0.5) is 0 Å². The normalized spacial score (nSPS) is 9.94. The van der Waals surface area contributed by atoms with Gasteiger partial charge in [-0.25, -0.2) is 0 Å². The minimum atomic E-state index is -0.759. The van der Waals surface area contributed by atoms with Crippen LogP contribution in [0.1, 0.15) is 23.4 Å². The molecule has 18 heavy (non-hydrogen) atoms. The summed E-state index contributed by atoms with van der Waals surface area (Å²) in [6.07, 6.45) is -0.0142. The highest BCUT2D eigenvalue weighted by Crippen LogP contribution is 2.37. The minimum Gasteiger partial charge on any atom is -0.469 e. The molecule has 98 valence electrons. The Bertz CT molecular complexity index is 479. The molecule has 6 nitrogen and oxygen atoms in total. The van der Waals surface area contributed by atoms with Crippen molar-refractivity contribution in [2.45, 2.75) is 12.8 Å². The molecule has 0 amide bonds. The number of methoxy groups -OCH3 is 1. The minimum absolute atomic E-state index is 0.137. The molecule has 1 aromatic rings. The zero-order chi connectivity index (χ0) is 13.7. The van der Waals surface area contributed by atoms with E-state index in [1.54, 1.807) is 0 Å². The van der Waals surface area contributed by atoms with Crippen molar-refractivity contribution < 1.29 is 28.3 Å². The van der Waals surface area contributed by atoms with Gasteiger partial charge in [-0.15, -0.1) is 0 Å². The second-order valence-corrected chi connectivity index (χ2v) is 3.81. The van der Waals surface area contributed by atoms with Crippen LogP contribution in [0.2, 0.25) is 10.0 Å². The van der Waals surface area contributed by atoms with Gasteiger partial charge in [0.25, 0.3) is 0 Å². The number of carbonyl (C=O) groups is 3. The molecular formula is C10H8Cl2O6. The lowest BCUT2D eigenvalue weighted by Gasteiger charge is -2.00. The largest absolute Gasteiger partial charge is 0.469 e. The first kappa shape index (κ1) is 14.5. The van der Waals surface area contributed by atoms with E-state index in [0.717, 1.165) is 0 Å². The zero-order valence-electron chi connectivity index (χ0n) is 9.20. The Kier molecular flexibility index (Phi) is 5.18. The van der Waals surface area contributed by atoms with Crippen LogP contribution in [0.15, 0.2) is 4.42 Å². The number of hydrogen-bond donors (Lipinski definition) is 0. The van der Waals surface area contributed by atoms with E-state index >= 15 is 0 Å². The molecule has 1 aromatic heterocycles. The smallest absolute Gasteiger partial charge is 0.314 e.